The van der Waals surface area contributed by atoms with Gasteiger partial charge in [0.1, 0.15) is 0 Å². The van der Waals surface area contributed by atoms with E-state index in [0.29, 0.717) is 56.0 Å². The second-order valence-corrected chi connectivity index (χ2v) is 26.0. The van der Waals surface area contributed by atoms with Crippen LogP contribution in [0.4, 0.5) is 11.4 Å². The minimum absolute atomic E-state index is 0. The van der Waals surface area contributed by atoms with Crippen molar-refractivity contribution in [2.75, 3.05) is 0 Å². The van der Waals surface area contributed by atoms with Crippen LogP contribution in [0, 0.1) is 76.7 Å². The van der Waals surface area contributed by atoms with Gasteiger partial charge < -0.3 is 15.0 Å². The molecule has 0 unspecified atom stereocenters. The number of hydrogen-bond acceptors (Lipinski definition) is 7. The fourth-order valence-electron chi connectivity index (χ4n) is 12.6. The maximum Gasteiger partial charge on any atom is 3.00 e. The summed E-state index contributed by atoms with van der Waals surface area (Å²) >= 11 is 0. The van der Waals surface area contributed by atoms with E-state index in [1.54, 1.807) is 24.4 Å². The summed E-state index contributed by atoms with van der Waals surface area (Å²) in [5, 5.41) is 41.6. The molecular formula is C89H58IrN9. The molecular weight excluding hydrogens is 1390 g/mol. The molecule has 99 heavy (non-hydrogen) atoms. The van der Waals surface area contributed by atoms with Gasteiger partial charge in [-0.25, -0.2) is 9.69 Å². The molecule has 0 saturated carbocycles. The Morgan fingerprint density at radius 3 is 0.960 bits per heavy atom. The molecule has 0 aliphatic heterocycles. The van der Waals surface area contributed by atoms with Crippen LogP contribution in [0.25, 0.3) is 144 Å². The third kappa shape index (κ3) is 13.8. The van der Waals surface area contributed by atoms with Crippen LogP contribution < -0.4 is 0 Å². The van der Waals surface area contributed by atoms with Crippen LogP contribution in [0.1, 0.15) is 74.9 Å². The predicted molar refractivity (Wildman–Crippen MR) is 390 cm³/mol. The van der Waals surface area contributed by atoms with Gasteiger partial charge >= 0.3 is 20.1 Å². The monoisotopic (exact) mass is 1450 g/mol. The average Bonchev–Trinajstić information content (AvgIpc) is 0.764. The Morgan fingerprint density at radius 2 is 0.626 bits per heavy atom. The van der Waals surface area contributed by atoms with Crippen molar-refractivity contribution in [3.8, 4) is 158 Å². The molecule has 0 atom stereocenters. The summed E-state index contributed by atoms with van der Waals surface area (Å²) in [6.45, 7) is 29.3. The third-order valence-electron chi connectivity index (χ3n) is 17.6. The van der Waals surface area contributed by atoms with Crippen LogP contribution in [-0.2, 0) is 30.9 Å². The molecule has 0 aliphatic carbocycles. The van der Waals surface area contributed by atoms with Crippen molar-refractivity contribution in [1.29, 1.82) is 21.0 Å². The zero-order chi connectivity index (χ0) is 68.2. The van der Waals surface area contributed by atoms with Crippen molar-refractivity contribution in [2.24, 2.45) is 0 Å². The number of pyridine rings is 3. The molecule has 468 valence electrons. The molecule has 0 spiro atoms. The number of nitriles is 4. The zero-order valence-corrected chi connectivity index (χ0v) is 57.3. The largest absolute Gasteiger partial charge is 3.00 e. The third-order valence-corrected chi connectivity index (χ3v) is 17.6. The first-order valence-electron chi connectivity index (χ1n) is 31.8. The summed E-state index contributed by atoms with van der Waals surface area (Å²) in [6, 6.07) is 93.1. The molecule has 0 radical (unpaired) electrons. The van der Waals surface area contributed by atoms with E-state index in [9.17, 15) is 21.0 Å². The molecule has 0 bridgehead atoms. The minimum Gasteiger partial charge on any atom is -0.305 e. The molecule has 0 saturated heterocycles. The number of benzene rings is 10. The summed E-state index contributed by atoms with van der Waals surface area (Å²) in [7, 11) is 0. The first-order valence-corrected chi connectivity index (χ1v) is 31.8. The molecule has 10 heteroatoms. The van der Waals surface area contributed by atoms with E-state index < -0.39 is 0 Å². The number of aromatic nitrogens is 3. The summed E-state index contributed by atoms with van der Waals surface area (Å²) < 4.78 is 0. The van der Waals surface area contributed by atoms with E-state index in [4.69, 9.17) is 28.1 Å². The van der Waals surface area contributed by atoms with E-state index in [2.05, 4.69) is 173 Å². The van der Waals surface area contributed by atoms with E-state index in [1.165, 1.54) is 0 Å². The Hall–Kier alpha value is -12.8. The predicted octanol–water partition coefficient (Wildman–Crippen LogP) is 22.5. The van der Waals surface area contributed by atoms with E-state index in [1.807, 2.05) is 140 Å². The Morgan fingerprint density at radius 1 is 0.313 bits per heavy atom. The van der Waals surface area contributed by atoms with Gasteiger partial charge in [0, 0.05) is 29.7 Å². The van der Waals surface area contributed by atoms with Crippen LogP contribution >= 0.6 is 0 Å². The van der Waals surface area contributed by atoms with Crippen LogP contribution in [-0.4, -0.2) is 15.0 Å². The van der Waals surface area contributed by atoms with Crippen molar-refractivity contribution in [1.82, 2.24) is 15.0 Å². The van der Waals surface area contributed by atoms with Crippen molar-refractivity contribution in [3.63, 3.8) is 0 Å². The van der Waals surface area contributed by atoms with Crippen molar-refractivity contribution in [3.05, 3.63) is 317 Å². The van der Waals surface area contributed by atoms with Crippen molar-refractivity contribution >= 4 is 11.4 Å². The Kier molecular flexibility index (Phi) is 18.7. The Balaban J connectivity index is 0.00000931. The van der Waals surface area contributed by atoms with Gasteiger partial charge in [-0.2, -0.15) is 21.0 Å². The zero-order valence-electron chi connectivity index (χ0n) is 55.0. The fourth-order valence-corrected chi connectivity index (χ4v) is 12.6. The van der Waals surface area contributed by atoms with E-state index >= 15 is 0 Å². The van der Waals surface area contributed by atoms with Crippen molar-refractivity contribution < 1.29 is 20.1 Å². The second-order valence-electron chi connectivity index (χ2n) is 26.0. The molecule has 0 fully saturated rings. The maximum absolute atomic E-state index is 10.4. The summed E-state index contributed by atoms with van der Waals surface area (Å²) in [5.74, 6) is 0. The van der Waals surface area contributed by atoms with Gasteiger partial charge in [0.15, 0.2) is 11.4 Å². The molecule has 3 heterocycles. The van der Waals surface area contributed by atoms with Gasteiger partial charge in [0.25, 0.3) is 0 Å². The molecule has 9 nitrogen and oxygen atoms in total. The molecule has 13 aromatic rings. The van der Waals surface area contributed by atoms with E-state index in [-0.39, 0.29) is 30.9 Å². The Bertz CT molecular complexity index is 5290. The quantitative estimate of drug-likeness (QED) is 0.111. The smallest absolute Gasteiger partial charge is 0.305 e. The van der Waals surface area contributed by atoms with Gasteiger partial charge in [-0.05, 0) is 168 Å². The topological polar surface area (TPSA) is 143 Å². The maximum atomic E-state index is 10.4. The molecule has 3 aromatic heterocycles. The standard InChI is InChI=1S/C89H58N9.Ir/c1-88(2,3)69-30-33-97-86(50-69)61-25-28-79(82(48-61)63-36-56(52-90)35-57(37-63)53-91)76-20-12-9-17-73(76)66-42-67(74-18-10-13-21-77(74)80-27-24-60(85-23-15-16-32-96-85)47-83(80)64-38-58(54-92)40-71(45-64)94-7)44-68(43-66)75-19-11-14-22-78(75)81-29-26-62(87-51-70(31-34-98-87)89(4,5)6)49-84(81)65-39-59(55-93)41-72(46-65)95-8;/h9-23,27-51H,1-6H3;/q-3;+3. The minimum atomic E-state index is -0.162. The fraction of sp³-hybridized carbons (Fsp3) is 0.0899. The average molecular weight is 1450 g/mol. The summed E-state index contributed by atoms with van der Waals surface area (Å²) in [6.07, 6.45) is 5.39. The van der Waals surface area contributed by atoms with Gasteiger partial charge in [0.2, 0.25) is 0 Å². The molecule has 0 aliphatic rings. The van der Waals surface area contributed by atoms with Crippen LogP contribution in [0.2, 0.25) is 0 Å². The first-order chi connectivity index (χ1) is 47.5. The van der Waals surface area contributed by atoms with Crippen LogP contribution in [0.3, 0.4) is 0 Å². The molecule has 0 amide bonds. The van der Waals surface area contributed by atoms with Crippen LogP contribution in [0.15, 0.2) is 243 Å². The van der Waals surface area contributed by atoms with Gasteiger partial charge in [0.05, 0.1) is 48.5 Å². The Labute approximate surface area is 591 Å². The van der Waals surface area contributed by atoms with Gasteiger partial charge in [-0.1, -0.05) is 201 Å². The second kappa shape index (κ2) is 27.9. The summed E-state index contributed by atoms with van der Waals surface area (Å²) in [5.41, 5.74) is 22.9. The summed E-state index contributed by atoms with van der Waals surface area (Å²) in [4.78, 5) is 22.0. The van der Waals surface area contributed by atoms with Gasteiger partial charge in [-0.3, -0.25) is 0 Å². The first kappa shape index (κ1) is 66.3. The SMILES string of the molecule is [C-]#[N+]c1cc(C#N)cc(-c2cc(-c3ccccn3)[c-]cc2-c2ccccc2-c2cc(-c3ccccc3-c3c[c-]c(-c4cc(C(C)(C)C)ccn4)cc3-c3cc(C#N)cc(C#N)c3)cc(-c3ccccc3-c3c[c-]c(-c4cc(C(C)(C)C)ccn4)cc3-c3cc(C#N)cc([N+]#[C-])c3)c2)c1.[Ir+3]. The van der Waals surface area contributed by atoms with E-state index in [0.717, 1.165) is 123 Å². The number of hydrogen-bond donors (Lipinski definition) is 0. The van der Waals surface area contributed by atoms with Crippen molar-refractivity contribution in [2.45, 2.75) is 52.4 Å². The normalized spacial score (nSPS) is 11.0. The molecule has 0 N–H and O–H groups in total. The van der Waals surface area contributed by atoms with Crippen LogP contribution in [0.5, 0.6) is 0 Å². The number of nitrogens with zero attached hydrogens (tertiary/aromatic N) is 9. The van der Waals surface area contributed by atoms with Gasteiger partial charge in [-0.15, -0.1) is 71.3 Å². The number of rotatable bonds is 12. The molecule has 13 rings (SSSR count). The molecule has 10 aromatic carbocycles.